The molecule has 2 rings (SSSR count). The minimum atomic E-state index is 0.174. The first-order valence-electron chi connectivity index (χ1n) is 5.71. The molecule has 0 spiro atoms. The molecule has 0 aliphatic rings. The van der Waals surface area contributed by atoms with Crippen molar-refractivity contribution in [3.8, 4) is 0 Å². The van der Waals surface area contributed by atoms with Gasteiger partial charge in [0.05, 0.1) is 0 Å². The average molecular weight is 349 g/mol. The van der Waals surface area contributed by atoms with E-state index in [1.54, 1.807) is 16.7 Å². The van der Waals surface area contributed by atoms with Crippen molar-refractivity contribution in [2.24, 2.45) is 0 Å². The van der Waals surface area contributed by atoms with Crippen LogP contribution in [0.3, 0.4) is 0 Å². The van der Waals surface area contributed by atoms with E-state index in [4.69, 9.17) is 11.6 Å². The molecule has 0 bridgehead atoms. The van der Waals surface area contributed by atoms with Gasteiger partial charge in [-0.25, -0.2) is 0 Å². The predicted molar refractivity (Wildman–Crippen MR) is 84.2 cm³/mol. The first-order valence-corrected chi connectivity index (χ1v) is 8.60. The van der Waals surface area contributed by atoms with Gasteiger partial charge in [-0.15, -0.1) is 10.2 Å². The molecule has 20 heavy (non-hydrogen) atoms. The maximum Gasteiger partial charge on any atom is 0.230 e. The molecular formula is C10H13ClN6S3. The van der Waals surface area contributed by atoms with Gasteiger partial charge in [0.25, 0.3) is 0 Å². The molecule has 0 N–H and O–H groups in total. The van der Waals surface area contributed by atoms with Gasteiger partial charge in [0.15, 0.2) is 8.68 Å². The van der Waals surface area contributed by atoms with Gasteiger partial charge in [0.1, 0.15) is 0 Å². The van der Waals surface area contributed by atoms with Gasteiger partial charge in [-0.1, -0.05) is 36.9 Å². The summed E-state index contributed by atoms with van der Waals surface area (Å²) in [6.45, 7) is 4.24. The highest BCUT2D eigenvalue weighted by molar-refractivity contribution is 8.03. The van der Waals surface area contributed by atoms with Crippen LogP contribution >= 0.6 is 46.5 Å². The molecule has 0 aromatic carbocycles. The van der Waals surface area contributed by atoms with Crippen molar-refractivity contribution >= 4 is 52.4 Å². The Balaban J connectivity index is 2.15. The summed E-state index contributed by atoms with van der Waals surface area (Å²) in [5.41, 5.74) is 0. The molecule has 0 fully saturated rings. The minimum Gasteiger partial charge on any atom is -0.347 e. The molecule has 0 radical (unpaired) electrons. The smallest absolute Gasteiger partial charge is 0.230 e. The molecule has 0 atom stereocenters. The first kappa shape index (κ1) is 15.7. The van der Waals surface area contributed by atoms with Gasteiger partial charge < -0.3 is 4.90 Å². The zero-order valence-corrected chi connectivity index (χ0v) is 14.6. The van der Waals surface area contributed by atoms with Gasteiger partial charge in [0.2, 0.25) is 16.4 Å². The normalized spacial score (nSPS) is 11.1. The van der Waals surface area contributed by atoms with E-state index in [9.17, 15) is 0 Å². The Kier molecular flexibility index (Phi) is 5.42. The molecule has 0 saturated heterocycles. The van der Waals surface area contributed by atoms with Crippen molar-refractivity contribution in [3.05, 3.63) is 5.28 Å². The van der Waals surface area contributed by atoms with Crippen LogP contribution in [0, 0.1) is 0 Å². The SMILES string of the molecule is CC(C)Sc1nnc(Sc2nc(Cl)nc(N(C)C)n2)s1. The average Bonchev–Trinajstić information content (AvgIpc) is 2.74. The Labute approximate surface area is 134 Å². The first-order chi connectivity index (χ1) is 9.44. The van der Waals surface area contributed by atoms with E-state index in [0.717, 1.165) is 8.68 Å². The van der Waals surface area contributed by atoms with Crippen molar-refractivity contribution in [2.75, 3.05) is 19.0 Å². The van der Waals surface area contributed by atoms with Crippen LogP contribution < -0.4 is 4.90 Å². The molecule has 0 aliphatic heterocycles. The van der Waals surface area contributed by atoms with Crippen LogP contribution in [0.2, 0.25) is 5.28 Å². The van der Waals surface area contributed by atoms with Crippen molar-refractivity contribution < 1.29 is 0 Å². The summed E-state index contributed by atoms with van der Waals surface area (Å²) >= 11 is 10.4. The Morgan fingerprint density at radius 1 is 1.10 bits per heavy atom. The van der Waals surface area contributed by atoms with E-state index < -0.39 is 0 Å². The molecule has 2 heterocycles. The molecule has 0 saturated carbocycles. The lowest BCUT2D eigenvalue weighted by molar-refractivity contribution is 0.862. The fourth-order valence-corrected chi connectivity index (χ4v) is 4.43. The Morgan fingerprint density at radius 3 is 2.45 bits per heavy atom. The fraction of sp³-hybridized carbons (Fsp3) is 0.500. The highest BCUT2D eigenvalue weighted by Crippen LogP contribution is 2.33. The third kappa shape index (κ3) is 4.44. The Morgan fingerprint density at radius 2 is 1.80 bits per heavy atom. The number of halogens is 1. The lowest BCUT2D eigenvalue weighted by Gasteiger charge is -2.09. The van der Waals surface area contributed by atoms with Gasteiger partial charge in [0, 0.05) is 19.3 Å². The third-order valence-electron chi connectivity index (χ3n) is 1.88. The van der Waals surface area contributed by atoms with Gasteiger partial charge in [-0.2, -0.15) is 15.0 Å². The van der Waals surface area contributed by atoms with Crippen LogP contribution in [0.5, 0.6) is 0 Å². The Bertz CT molecular complexity index is 588. The third-order valence-corrected chi connectivity index (χ3v) is 4.98. The van der Waals surface area contributed by atoms with E-state index >= 15 is 0 Å². The number of nitrogens with zero attached hydrogens (tertiary/aromatic N) is 6. The van der Waals surface area contributed by atoms with Crippen LogP contribution in [-0.2, 0) is 0 Å². The second-order valence-corrected chi connectivity index (χ2v) is 8.54. The number of thioether (sulfide) groups is 1. The molecule has 2 aromatic heterocycles. The summed E-state index contributed by atoms with van der Waals surface area (Å²) in [7, 11) is 3.70. The minimum absolute atomic E-state index is 0.174. The van der Waals surface area contributed by atoms with Crippen molar-refractivity contribution in [2.45, 2.75) is 32.9 Å². The summed E-state index contributed by atoms with van der Waals surface area (Å²) in [6, 6.07) is 0. The zero-order valence-electron chi connectivity index (χ0n) is 11.4. The van der Waals surface area contributed by atoms with E-state index in [0.29, 0.717) is 16.4 Å². The van der Waals surface area contributed by atoms with Crippen LogP contribution in [0.4, 0.5) is 5.95 Å². The van der Waals surface area contributed by atoms with Crippen LogP contribution in [0.1, 0.15) is 13.8 Å². The summed E-state index contributed by atoms with van der Waals surface area (Å²) in [5, 5.41) is 9.42. The standard InChI is InChI=1S/C10H13ClN6S3/c1-5(2)18-9-15-16-10(20-9)19-8-13-6(11)12-7(14-8)17(3)4/h5H,1-4H3. The lowest BCUT2D eigenvalue weighted by Crippen LogP contribution is -2.13. The quantitative estimate of drug-likeness (QED) is 0.763. The number of rotatable bonds is 5. The second-order valence-electron chi connectivity index (χ2n) is 4.18. The summed E-state index contributed by atoms with van der Waals surface area (Å²) < 4.78 is 1.73. The predicted octanol–water partition coefficient (Wildman–Crippen LogP) is 3.09. The van der Waals surface area contributed by atoms with Crippen molar-refractivity contribution in [1.82, 2.24) is 25.1 Å². The molecule has 10 heteroatoms. The molecule has 2 aromatic rings. The van der Waals surface area contributed by atoms with Crippen molar-refractivity contribution in [3.63, 3.8) is 0 Å². The largest absolute Gasteiger partial charge is 0.347 e. The van der Waals surface area contributed by atoms with Crippen molar-refractivity contribution in [1.29, 1.82) is 0 Å². The monoisotopic (exact) mass is 348 g/mol. The molecule has 6 nitrogen and oxygen atoms in total. The van der Waals surface area contributed by atoms with E-state index in [1.807, 2.05) is 14.1 Å². The second kappa shape index (κ2) is 6.88. The highest BCUT2D eigenvalue weighted by Gasteiger charge is 2.12. The van der Waals surface area contributed by atoms with E-state index in [-0.39, 0.29) is 5.28 Å². The van der Waals surface area contributed by atoms with Crippen LogP contribution in [0.15, 0.2) is 13.8 Å². The number of anilines is 1. The number of hydrogen-bond acceptors (Lipinski definition) is 9. The maximum absolute atomic E-state index is 5.90. The van der Waals surface area contributed by atoms with Crippen LogP contribution in [-0.4, -0.2) is 44.5 Å². The maximum atomic E-state index is 5.90. The van der Waals surface area contributed by atoms with Gasteiger partial charge in [-0.05, 0) is 23.4 Å². The van der Waals surface area contributed by atoms with Crippen LogP contribution in [0.25, 0.3) is 0 Å². The van der Waals surface area contributed by atoms with Gasteiger partial charge in [-0.3, -0.25) is 0 Å². The van der Waals surface area contributed by atoms with E-state index in [1.165, 1.54) is 23.1 Å². The highest BCUT2D eigenvalue weighted by atomic mass is 35.5. The topological polar surface area (TPSA) is 67.7 Å². The zero-order chi connectivity index (χ0) is 14.7. The molecular weight excluding hydrogens is 336 g/mol. The molecule has 0 unspecified atom stereocenters. The number of aromatic nitrogens is 5. The summed E-state index contributed by atoms with van der Waals surface area (Å²) in [6.07, 6.45) is 0. The molecule has 108 valence electrons. The summed E-state index contributed by atoms with van der Waals surface area (Å²) in [5.74, 6) is 0.522. The van der Waals surface area contributed by atoms with E-state index in [2.05, 4.69) is 39.0 Å². The Hall–Kier alpha value is -0.640. The number of hydrogen-bond donors (Lipinski definition) is 0. The van der Waals surface area contributed by atoms with Gasteiger partial charge >= 0.3 is 0 Å². The fourth-order valence-electron chi connectivity index (χ4n) is 1.13. The summed E-state index contributed by atoms with van der Waals surface area (Å²) in [4.78, 5) is 14.2. The lowest BCUT2D eigenvalue weighted by atomic mass is 10.6. The molecule has 0 aliphatic carbocycles. The molecule has 0 amide bonds.